The molecule has 0 bridgehead atoms. The molecule has 0 saturated carbocycles. The summed E-state index contributed by atoms with van der Waals surface area (Å²) < 4.78 is 32.9. The van der Waals surface area contributed by atoms with Gasteiger partial charge in [0.25, 0.3) is 0 Å². The van der Waals surface area contributed by atoms with Gasteiger partial charge in [0.2, 0.25) is 0 Å². The molecule has 1 atom stereocenters. The maximum absolute atomic E-state index is 15.9. The van der Waals surface area contributed by atoms with Gasteiger partial charge in [0.15, 0.2) is 11.6 Å². The molecule has 1 aromatic carbocycles. The average Bonchev–Trinajstić information content (AvgIpc) is 3.23. The summed E-state index contributed by atoms with van der Waals surface area (Å²) in [5.41, 5.74) is 1.41. The molecule has 0 spiro atoms. The van der Waals surface area contributed by atoms with Crippen LogP contribution in [0.3, 0.4) is 0 Å². The van der Waals surface area contributed by atoms with Crippen molar-refractivity contribution >= 4 is 16.7 Å². The Morgan fingerprint density at radius 1 is 1.19 bits per heavy atom. The zero-order chi connectivity index (χ0) is 26.7. The van der Waals surface area contributed by atoms with Crippen LogP contribution in [0.5, 0.6) is 0 Å². The summed E-state index contributed by atoms with van der Waals surface area (Å²) in [5.74, 6) is 0.172. The van der Waals surface area contributed by atoms with E-state index in [0.29, 0.717) is 41.6 Å². The van der Waals surface area contributed by atoms with Crippen molar-refractivity contribution in [2.75, 3.05) is 44.7 Å². The SMILES string of the molecule is C=CNC(=C)CCN(C)c1nn(C)c2c(F)c(C3CCN(C(C)C4CCN(C=C)CC4)CC3)c(F)cc12. The second-order valence-electron chi connectivity index (χ2n) is 10.7. The summed E-state index contributed by atoms with van der Waals surface area (Å²) in [6.45, 7) is 18.3. The molecule has 1 N–H and O–H groups in total. The van der Waals surface area contributed by atoms with E-state index in [0.717, 1.165) is 44.7 Å². The summed E-state index contributed by atoms with van der Waals surface area (Å²) in [6, 6.07) is 1.96. The van der Waals surface area contributed by atoms with Crippen molar-refractivity contribution in [1.29, 1.82) is 0 Å². The van der Waals surface area contributed by atoms with E-state index in [1.54, 1.807) is 17.9 Å². The minimum Gasteiger partial charge on any atom is -0.378 e. The Morgan fingerprint density at radius 3 is 2.49 bits per heavy atom. The minimum atomic E-state index is -0.467. The lowest BCUT2D eigenvalue weighted by molar-refractivity contribution is 0.0885. The summed E-state index contributed by atoms with van der Waals surface area (Å²) >= 11 is 0. The number of piperidine rings is 2. The van der Waals surface area contributed by atoms with E-state index in [-0.39, 0.29) is 11.5 Å². The predicted octanol–water partition coefficient (Wildman–Crippen LogP) is 5.35. The number of nitrogens with one attached hydrogen (secondary N) is 1. The van der Waals surface area contributed by atoms with Crippen LogP contribution in [-0.4, -0.2) is 65.4 Å². The fraction of sp³-hybridized carbons (Fsp3) is 0.552. The minimum absolute atomic E-state index is 0.125. The van der Waals surface area contributed by atoms with Gasteiger partial charge in [0, 0.05) is 57.5 Å². The fourth-order valence-electron chi connectivity index (χ4n) is 6.12. The lowest BCUT2D eigenvalue weighted by atomic mass is 9.84. The monoisotopic (exact) mass is 512 g/mol. The Labute approximate surface area is 220 Å². The standard InChI is InChI=1S/C29H42F2N6/c1-7-32-20(3)9-14-34(5)29-24-19-25(30)26(27(31)28(24)35(6)33-29)23-12-17-37(18-13-23)21(4)22-10-15-36(8-2)16-11-22/h7-8,19,21-23,32H,1-3,9-18H2,4-6H3. The summed E-state index contributed by atoms with van der Waals surface area (Å²) in [5, 5.41) is 8.03. The summed E-state index contributed by atoms with van der Waals surface area (Å²) in [7, 11) is 3.61. The van der Waals surface area contributed by atoms with Gasteiger partial charge < -0.3 is 20.0 Å². The van der Waals surface area contributed by atoms with E-state index in [4.69, 9.17) is 0 Å². The molecule has 2 saturated heterocycles. The molecule has 6 nitrogen and oxygen atoms in total. The molecule has 0 aliphatic carbocycles. The van der Waals surface area contributed by atoms with Crippen molar-refractivity contribution in [2.45, 2.75) is 51.0 Å². The van der Waals surface area contributed by atoms with Gasteiger partial charge in [-0.15, -0.1) is 0 Å². The summed E-state index contributed by atoms with van der Waals surface area (Å²) in [6.07, 6.45) is 8.05. The molecule has 2 aliphatic rings. The normalized spacial score (nSPS) is 18.7. The molecular weight excluding hydrogens is 470 g/mol. The van der Waals surface area contributed by atoms with Crippen molar-refractivity contribution in [1.82, 2.24) is 24.9 Å². The Balaban J connectivity index is 1.46. The van der Waals surface area contributed by atoms with Crippen LogP contribution in [0, 0.1) is 17.6 Å². The highest BCUT2D eigenvalue weighted by Crippen LogP contribution is 2.38. The van der Waals surface area contributed by atoms with Crippen molar-refractivity contribution in [3.05, 3.63) is 61.1 Å². The first-order valence-electron chi connectivity index (χ1n) is 13.5. The number of fused-ring (bicyclic) bond motifs is 1. The van der Waals surface area contributed by atoms with Gasteiger partial charge in [0.05, 0.1) is 5.39 Å². The number of hydrogen-bond acceptors (Lipinski definition) is 5. The van der Waals surface area contributed by atoms with Crippen LogP contribution in [0.4, 0.5) is 14.6 Å². The van der Waals surface area contributed by atoms with E-state index in [1.807, 2.05) is 18.1 Å². The van der Waals surface area contributed by atoms with E-state index in [1.165, 1.54) is 18.9 Å². The molecule has 2 aliphatic heterocycles. The third-order valence-corrected chi connectivity index (χ3v) is 8.48. The van der Waals surface area contributed by atoms with Crippen LogP contribution in [-0.2, 0) is 7.05 Å². The van der Waals surface area contributed by atoms with E-state index < -0.39 is 11.6 Å². The lowest BCUT2D eigenvalue weighted by Gasteiger charge is -2.42. The van der Waals surface area contributed by atoms with Gasteiger partial charge >= 0.3 is 0 Å². The Morgan fingerprint density at radius 2 is 1.86 bits per heavy atom. The molecule has 0 radical (unpaired) electrons. The van der Waals surface area contributed by atoms with Crippen molar-refractivity contribution in [3.63, 3.8) is 0 Å². The highest BCUT2D eigenvalue weighted by molar-refractivity contribution is 5.91. The molecule has 1 unspecified atom stereocenters. The first kappa shape index (κ1) is 27.2. The largest absolute Gasteiger partial charge is 0.378 e. The molecule has 3 heterocycles. The van der Waals surface area contributed by atoms with Gasteiger partial charge in [-0.2, -0.15) is 5.10 Å². The van der Waals surface area contributed by atoms with Crippen molar-refractivity contribution < 1.29 is 8.78 Å². The third kappa shape index (κ3) is 5.69. The second kappa shape index (κ2) is 11.7. The number of rotatable bonds is 10. The van der Waals surface area contributed by atoms with Gasteiger partial charge in [-0.25, -0.2) is 8.78 Å². The number of halogens is 2. The van der Waals surface area contributed by atoms with E-state index >= 15 is 8.78 Å². The predicted molar refractivity (Wildman–Crippen MR) is 148 cm³/mol. The van der Waals surface area contributed by atoms with Crippen LogP contribution >= 0.6 is 0 Å². The molecule has 37 heavy (non-hydrogen) atoms. The number of nitrogens with zero attached hydrogens (tertiary/aromatic N) is 5. The fourth-order valence-corrected chi connectivity index (χ4v) is 6.12. The average molecular weight is 513 g/mol. The van der Waals surface area contributed by atoms with E-state index in [9.17, 15) is 0 Å². The van der Waals surface area contributed by atoms with Crippen LogP contribution < -0.4 is 10.2 Å². The molecule has 8 heteroatoms. The molecule has 2 fully saturated rings. The number of aromatic nitrogens is 2. The highest BCUT2D eigenvalue weighted by atomic mass is 19.1. The molecule has 202 valence electrons. The van der Waals surface area contributed by atoms with Crippen LogP contribution in [0.15, 0.2) is 43.9 Å². The highest BCUT2D eigenvalue weighted by Gasteiger charge is 2.33. The number of likely N-dealkylation sites (tertiary alicyclic amines) is 2. The van der Waals surface area contributed by atoms with Gasteiger partial charge in [-0.1, -0.05) is 19.7 Å². The molecule has 4 rings (SSSR count). The second-order valence-corrected chi connectivity index (χ2v) is 10.7. The topological polar surface area (TPSA) is 39.6 Å². The Kier molecular flexibility index (Phi) is 8.57. The quantitative estimate of drug-likeness (QED) is 0.465. The van der Waals surface area contributed by atoms with Gasteiger partial charge in [-0.3, -0.25) is 4.68 Å². The van der Waals surface area contributed by atoms with Gasteiger partial charge in [0.1, 0.15) is 11.3 Å². The number of anilines is 1. The third-order valence-electron chi connectivity index (χ3n) is 8.48. The van der Waals surface area contributed by atoms with Crippen LogP contribution in [0.25, 0.3) is 10.9 Å². The van der Waals surface area contributed by atoms with E-state index in [2.05, 4.69) is 46.9 Å². The van der Waals surface area contributed by atoms with Crippen LogP contribution in [0.1, 0.15) is 50.5 Å². The first-order chi connectivity index (χ1) is 17.7. The molecular formula is C29H42F2N6. The smallest absolute Gasteiger partial charge is 0.158 e. The van der Waals surface area contributed by atoms with Crippen LogP contribution in [0.2, 0.25) is 0 Å². The Hall–Kier alpha value is -2.87. The van der Waals surface area contributed by atoms with Gasteiger partial charge in [-0.05, 0) is 76.0 Å². The molecule has 1 aromatic heterocycles. The van der Waals surface area contributed by atoms with Crippen molar-refractivity contribution in [3.8, 4) is 0 Å². The number of benzene rings is 1. The maximum Gasteiger partial charge on any atom is 0.158 e. The lowest BCUT2D eigenvalue weighted by Crippen LogP contribution is -2.46. The maximum atomic E-state index is 15.9. The summed E-state index contributed by atoms with van der Waals surface area (Å²) in [4.78, 5) is 6.72. The number of aryl methyl sites for hydroxylation is 1. The molecule has 0 amide bonds. The Bertz CT molecular complexity index is 1130. The first-order valence-corrected chi connectivity index (χ1v) is 13.5. The van der Waals surface area contributed by atoms with Crippen molar-refractivity contribution in [2.24, 2.45) is 13.0 Å². The zero-order valence-electron chi connectivity index (χ0n) is 22.6. The zero-order valence-corrected chi connectivity index (χ0v) is 22.6. The molecule has 2 aromatic rings. The number of hydrogen-bond donors (Lipinski definition) is 1.